The molecule has 0 heterocycles. The maximum Gasteiger partial charge on any atom is 0.305 e. The third-order valence-electron chi connectivity index (χ3n) is 3.76. The number of nitrogens with one attached hydrogen (secondary N) is 2. The summed E-state index contributed by atoms with van der Waals surface area (Å²) < 4.78 is 10.3. The Morgan fingerprint density at radius 3 is 2.48 bits per heavy atom. The number of esters is 1. The fourth-order valence-corrected chi connectivity index (χ4v) is 2.36. The number of para-hydroxylation sites is 1. The molecule has 2 N–H and O–H groups in total. The molecule has 0 unspecified atom stereocenters. The van der Waals surface area contributed by atoms with Crippen LogP contribution in [0.1, 0.15) is 45.4 Å². The Hall–Kier alpha value is -1.51. The maximum atomic E-state index is 11.0. The van der Waals surface area contributed by atoms with Gasteiger partial charge in [0.1, 0.15) is 5.75 Å². The number of carbonyl (C=O) groups is 1. The van der Waals surface area contributed by atoms with Gasteiger partial charge >= 0.3 is 5.97 Å². The lowest BCUT2D eigenvalue weighted by Crippen LogP contribution is -2.37. The second-order valence-corrected chi connectivity index (χ2v) is 5.94. The van der Waals surface area contributed by atoms with Gasteiger partial charge in [-0.1, -0.05) is 31.0 Å². The molecule has 0 atom stereocenters. The van der Waals surface area contributed by atoms with Crippen molar-refractivity contribution in [1.82, 2.24) is 10.6 Å². The molecule has 0 spiro atoms. The number of hydrogen-bond donors (Lipinski definition) is 2. The van der Waals surface area contributed by atoms with Gasteiger partial charge in [-0.05, 0) is 31.9 Å². The molecule has 1 rings (SSSR count). The lowest BCUT2D eigenvalue weighted by atomic mass is 10.1. The minimum Gasteiger partial charge on any atom is -0.494 e. The Morgan fingerprint density at radius 2 is 1.78 bits per heavy atom. The summed E-state index contributed by atoms with van der Waals surface area (Å²) >= 11 is 0. The SMILES string of the molecule is CCNC(=NCCCOc1ccccc1)NCCCCCCC(=O)OC.I. The number of guanidine groups is 1. The fourth-order valence-electron chi connectivity index (χ4n) is 2.36. The molecule has 0 aliphatic carbocycles. The van der Waals surface area contributed by atoms with Gasteiger partial charge in [0.15, 0.2) is 5.96 Å². The maximum absolute atomic E-state index is 11.0. The van der Waals surface area contributed by atoms with Gasteiger partial charge in [-0.3, -0.25) is 9.79 Å². The monoisotopic (exact) mass is 491 g/mol. The topological polar surface area (TPSA) is 72.0 Å². The molecule has 7 heteroatoms. The standard InChI is InChI=1S/C20H33N3O3.HI/c1-3-21-20(22-15-10-5-4-9-14-19(24)25-2)23-16-11-17-26-18-12-7-6-8-13-18;/h6-8,12-13H,3-5,9-11,14-17H2,1-2H3,(H2,21,22,23);1H. The average Bonchev–Trinajstić information content (AvgIpc) is 2.67. The van der Waals surface area contributed by atoms with Gasteiger partial charge < -0.3 is 20.1 Å². The van der Waals surface area contributed by atoms with Crippen molar-refractivity contribution in [3.8, 4) is 5.75 Å². The molecule has 1 aromatic rings. The summed E-state index contributed by atoms with van der Waals surface area (Å²) in [6.45, 7) is 5.16. The zero-order valence-corrected chi connectivity index (χ0v) is 18.9. The predicted molar refractivity (Wildman–Crippen MR) is 121 cm³/mol. The smallest absolute Gasteiger partial charge is 0.305 e. The van der Waals surface area contributed by atoms with Crippen LogP contribution in [-0.4, -0.2) is 45.3 Å². The van der Waals surface area contributed by atoms with E-state index in [2.05, 4.69) is 27.3 Å². The van der Waals surface area contributed by atoms with Gasteiger partial charge in [0.05, 0.1) is 13.7 Å². The minimum absolute atomic E-state index is 0. The molecular formula is C20H34IN3O3. The predicted octanol–water partition coefficient (Wildman–Crippen LogP) is 3.75. The highest BCUT2D eigenvalue weighted by Gasteiger charge is 2.00. The van der Waals surface area contributed by atoms with Crippen LogP contribution in [0.2, 0.25) is 0 Å². The first-order chi connectivity index (χ1) is 12.8. The Kier molecular flexibility index (Phi) is 16.9. The molecule has 0 aromatic heterocycles. The molecule has 154 valence electrons. The first kappa shape index (κ1) is 25.5. The summed E-state index contributed by atoms with van der Waals surface area (Å²) in [5, 5.41) is 6.60. The van der Waals surface area contributed by atoms with Crippen LogP contribution in [0.4, 0.5) is 0 Å². The highest BCUT2D eigenvalue weighted by molar-refractivity contribution is 14.0. The molecule has 0 fully saturated rings. The van der Waals surface area contributed by atoms with E-state index >= 15 is 0 Å². The Labute approximate surface area is 180 Å². The number of nitrogens with zero attached hydrogens (tertiary/aromatic N) is 1. The van der Waals surface area contributed by atoms with Crippen molar-refractivity contribution in [3.63, 3.8) is 0 Å². The van der Waals surface area contributed by atoms with Gasteiger partial charge in [0.25, 0.3) is 0 Å². The highest BCUT2D eigenvalue weighted by Crippen LogP contribution is 2.08. The molecule has 0 amide bonds. The van der Waals surface area contributed by atoms with Crippen LogP contribution in [0.25, 0.3) is 0 Å². The number of ether oxygens (including phenoxy) is 2. The third kappa shape index (κ3) is 14.2. The molecule has 0 aliphatic heterocycles. The van der Waals surface area contributed by atoms with Crippen molar-refractivity contribution >= 4 is 35.9 Å². The van der Waals surface area contributed by atoms with E-state index in [1.165, 1.54) is 7.11 Å². The quantitative estimate of drug-likeness (QED) is 0.145. The number of unbranched alkanes of at least 4 members (excludes halogenated alkanes) is 3. The van der Waals surface area contributed by atoms with Gasteiger partial charge in [0, 0.05) is 32.5 Å². The van der Waals surface area contributed by atoms with Crippen LogP contribution in [0.5, 0.6) is 5.75 Å². The largest absolute Gasteiger partial charge is 0.494 e. The molecule has 0 aliphatic rings. The van der Waals surface area contributed by atoms with Crippen LogP contribution in [-0.2, 0) is 9.53 Å². The number of halogens is 1. The molecule has 0 saturated heterocycles. The van der Waals surface area contributed by atoms with Crippen molar-refractivity contribution in [2.75, 3.05) is 33.4 Å². The summed E-state index contributed by atoms with van der Waals surface area (Å²) in [7, 11) is 1.43. The Bertz CT molecular complexity index is 512. The number of methoxy groups -OCH3 is 1. The van der Waals surface area contributed by atoms with E-state index in [4.69, 9.17) is 4.74 Å². The lowest BCUT2D eigenvalue weighted by Gasteiger charge is -2.11. The lowest BCUT2D eigenvalue weighted by molar-refractivity contribution is -0.140. The molecule has 27 heavy (non-hydrogen) atoms. The van der Waals surface area contributed by atoms with E-state index in [-0.39, 0.29) is 29.9 Å². The minimum atomic E-state index is -0.124. The Morgan fingerprint density at radius 1 is 1.04 bits per heavy atom. The summed E-state index contributed by atoms with van der Waals surface area (Å²) in [5.74, 6) is 1.62. The van der Waals surface area contributed by atoms with Crippen LogP contribution >= 0.6 is 24.0 Å². The van der Waals surface area contributed by atoms with E-state index in [1.807, 2.05) is 30.3 Å². The number of hydrogen-bond acceptors (Lipinski definition) is 4. The zero-order chi connectivity index (χ0) is 18.9. The second-order valence-electron chi connectivity index (χ2n) is 5.94. The Balaban J connectivity index is 0.00000676. The van der Waals surface area contributed by atoms with Gasteiger partial charge in [0.2, 0.25) is 0 Å². The van der Waals surface area contributed by atoms with E-state index in [9.17, 15) is 4.79 Å². The van der Waals surface area contributed by atoms with Crippen LogP contribution < -0.4 is 15.4 Å². The first-order valence-electron chi connectivity index (χ1n) is 9.53. The van der Waals surface area contributed by atoms with Crippen LogP contribution in [0, 0.1) is 0 Å². The number of carbonyl (C=O) groups excluding carboxylic acids is 1. The molecule has 0 radical (unpaired) electrons. The second kappa shape index (κ2) is 17.9. The third-order valence-corrected chi connectivity index (χ3v) is 3.76. The van der Waals surface area contributed by atoms with Crippen molar-refractivity contribution in [1.29, 1.82) is 0 Å². The summed E-state index contributed by atoms with van der Waals surface area (Å²) in [4.78, 5) is 15.6. The first-order valence-corrected chi connectivity index (χ1v) is 9.53. The van der Waals surface area contributed by atoms with Crippen LogP contribution in [0.3, 0.4) is 0 Å². The summed E-state index contributed by atoms with van der Waals surface area (Å²) in [5.41, 5.74) is 0. The van der Waals surface area contributed by atoms with Crippen molar-refractivity contribution in [2.24, 2.45) is 4.99 Å². The van der Waals surface area contributed by atoms with Crippen molar-refractivity contribution in [2.45, 2.75) is 45.4 Å². The highest BCUT2D eigenvalue weighted by atomic mass is 127. The van der Waals surface area contributed by atoms with Crippen molar-refractivity contribution < 1.29 is 14.3 Å². The molecule has 1 aromatic carbocycles. The van der Waals surface area contributed by atoms with Gasteiger partial charge in [-0.25, -0.2) is 0 Å². The molecule has 0 bridgehead atoms. The summed E-state index contributed by atoms with van der Waals surface area (Å²) in [6.07, 6.45) is 5.47. The van der Waals surface area contributed by atoms with E-state index in [0.717, 1.165) is 63.4 Å². The number of benzene rings is 1. The average molecular weight is 491 g/mol. The number of rotatable bonds is 13. The van der Waals surface area contributed by atoms with Crippen molar-refractivity contribution in [3.05, 3.63) is 30.3 Å². The van der Waals surface area contributed by atoms with Gasteiger partial charge in [-0.2, -0.15) is 0 Å². The summed E-state index contributed by atoms with van der Waals surface area (Å²) in [6, 6.07) is 9.83. The fraction of sp³-hybridized carbons (Fsp3) is 0.600. The molecule has 0 saturated carbocycles. The van der Waals surface area contributed by atoms with E-state index in [1.54, 1.807) is 0 Å². The van der Waals surface area contributed by atoms with Crippen LogP contribution in [0.15, 0.2) is 35.3 Å². The van der Waals surface area contributed by atoms with Gasteiger partial charge in [-0.15, -0.1) is 24.0 Å². The van der Waals surface area contributed by atoms with E-state index in [0.29, 0.717) is 13.0 Å². The molecular weight excluding hydrogens is 457 g/mol. The normalized spacial score (nSPS) is 10.7. The van der Waals surface area contributed by atoms with E-state index < -0.39 is 0 Å². The zero-order valence-electron chi connectivity index (χ0n) is 16.5. The molecule has 6 nitrogen and oxygen atoms in total. The number of aliphatic imine (C=N–C) groups is 1.